The minimum absolute atomic E-state index is 0.0850. The van der Waals surface area contributed by atoms with Gasteiger partial charge in [0.15, 0.2) is 5.69 Å². The SMILES string of the molecule is CCC(C)c1nc(C(F)(F)F)c2cnc(N)nn12. The van der Waals surface area contributed by atoms with Crippen LogP contribution in [0.3, 0.4) is 0 Å². The van der Waals surface area contributed by atoms with Gasteiger partial charge in [-0.1, -0.05) is 13.8 Å². The Labute approximate surface area is 101 Å². The molecule has 0 aromatic carbocycles. The Balaban J connectivity index is 2.75. The van der Waals surface area contributed by atoms with Gasteiger partial charge >= 0.3 is 6.18 Å². The highest BCUT2D eigenvalue weighted by atomic mass is 19.4. The molecule has 0 spiro atoms. The Kier molecular flexibility index (Phi) is 2.88. The van der Waals surface area contributed by atoms with E-state index in [0.717, 1.165) is 10.7 Å². The highest BCUT2D eigenvalue weighted by molar-refractivity contribution is 5.53. The van der Waals surface area contributed by atoms with E-state index in [-0.39, 0.29) is 23.2 Å². The molecule has 98 valence electrons. The van der Waals surface area contributed by atoms with Crippen LogP contribution in [-0.4, -0.2) is 19.6 Å². The van der Waals surface area contributed by atoms with Crippen LogP contribution in [0.25, 0.3) is 5.52 Å². The average molecular weight is 259 g/mol. The first-order chi connectivity index (χ1) is 8.34. The summed E-state index contributed by atoms with van der Waals surface area (Å²) >= 11 is 0. The molecule has 0 saturated carbocycles. The van der Waals surface area contributed by atoms with Crippen molar-refractivity contribution in [3.63, 3.8) is 0 Å². The molecule has 18 heavy (non-hydrogen) atoms. The van der Waals surface area contributed by atoms with E-state index in [1.54, 1.807) is 6.92 Å². The maximum atomic E-state index is 12.8. The molecule has 8 heteroatoms. The van der Waals surface area contributed by atoms with E-state index in [9.17, 15) is 13.2 Å². The number of aromatic nitrogens is 4. The quantitative estimate of drug-likeness (QED) is 0.897. The first-order valence-corrected chi connectivity index (χ1v) is 5.43. The number of anilines is 1. The van der Waals surface area contributed by atoms with Gasteiger partial charge in [0, 0.05) is 5.92 Å². The van der Waals surface area contributed by atoms with Crippen molar-refractivity contribution in [2.45, 2.75) is 32.4 Å². The van der Waals surface area contributed by atoms with Crippen LogP contribution in [0.1, 0.15) is 37.7 Å². The highest BCUT2D eigenvalue weighted by Crippen LogP contribution is 2.33. The third kappa shape index (κ3) is 1.98. The zero-order valence-electron chi connectivity index (χ0n) is 9.86. The van der Waals surface area contributed by atoms with Crippen LogP contribution in [-0.2, 0) is 6.18 Å². The molecular weight excluding hydrogens is 247 g/mol. The van der Waals surface area contributed by atoms with Gasteiger partial charge in [-0.15, -0.1) is 5.10 Å². The summed E-state index contributed by atoms with van der Waals surface area (Å²) in [5, 5.41) is 3.80. The van der Waals surface area contributed by atoms with Crippen molar-refractivity contribution in [1.29, 1.82) is 0 Å². The number of hydrogen-bond donors (Lipinski definition) is 1. The fourth-order valence-electron chi connectivity index (χ4n) is 1.63. The van der Waals surface area contributed by atoms with Gasteiger partial charge in [0.25, 0.3) is 0 Å². The molecule has 0 saturated heterocycles. The standard InChI is InChI=1S/C10H12F3N5/c1-3-5(2)8-16-7(10(11,12)13)6-4-15-9(14)17-18(6)8/h4-5H,3H2,1-2H3,(H2,14,17). The van der Waals surface area contributed by atoms with Crippen molar-refractivity contribution in [3.8, 4) is 0 Å². The van der Waals surface area contributed by atoms with Crippen LogP contribution in [0.15, 0.2) is 6.20 Å². The van der Waals surface area contributed by atoms with Gasteiger partial charge in [-0.3, -0.25) is 0 Å². The summed E-state index contributed by atoms with van der Waals surface area (Å²) in [5.41, 5.74) is 4.25. The van der Waals surface area contributed by atoms with E-state index in [1.165, 1.54) is 0 Å². The number of rotatable bonds is 2. The molecule has 0 aliphatic carbocycles. The molecule has 0 aliphatic heterocycles. The van der Waals surface area contributed by atoms with Crippen molar-refractivity contribution in [1.82, 2.24) is 19.6 Å². The Morgan fingerprint density at radius 3 is 2.67 bits per heavy atom. The molecule has 0 fully saturated rings. The summed E-state index contributed by atoms with van der Waals surface area (Å²) in [5.74, 6) is 0.00926. The zero-order chi connectivity index (χ0) is 13.5. The first-order valence-electron chi connectivity index (χ1n) is 5.43. The van der Waals surface area contributed by atoms with Crippen molar-refractivity contribution < 1.29 is 13.2 Å². The van der Waals surface area contributed by atoms with E-state index in [4.69, 9.17) is 5.73 Å². The van der Waals surface area contributed by atoms with Crippen LogP contribution < -0.4 is 5.73 Å². The number of nitrogens with zero attached hydrogens (tertiary/aromatic N) is 4. The lowest BCUT2D eigenvalue weighted by Gasteiger charge is -2.05. The molecule has 0 radical (unpaired) electrons. The second kappa shape index (κ2) is 4.11. The number of imidazole rings is 1. The van der Waals surface area contributed by atoms with Gasteiger partial charge in [-0.05, 0) is 6.42 Å². The predicted molar refractivity (Wildman–Crippen MR) is 58.9 cm³/mol. The highest BCUT2D eigenvalue weighted by Gasteiger charge is 2.37. The fourth-order valence-corrected chi connectivity index (χ4v) is 1.63. The van der Waals surface area contributed by atoms with Crippen LogP contribution in [0.2, 0.25) is 0 Å². The minimum atomic E-state index is -4.53. The van der Waals surface area contributed by atoms with Crippen LogP contribution in [0, 0.1) is 0 Å². The lowest BCUT2D eigenvalue weighted by atomic mass is 10.1. The summed E-state index contributed by atoms with van der Waals surface area (Å²) in [7, 11) is 0. The number of hydrogen-bond acceptors (Lipinski definition) is 4. The lowest BCUT2D eigenvalue weighted by molar-refractivity contribution is -0.139. The molecule has 2 heterocycles. The molecule has 0 aliphatic rings. The van der Waals surface area contributed by atoms with Gasteiger partial charge in [-0.25, -0.2) is 14.5 Å². The van der Waals surface area contributed by atoms with Gasteiger partial charge in [0.1, 0.15) is 11.3 Å². The maximum absolute atomic E-state index is 12.8. The van der Waals surface area contributed by atoms with Crippen molar-refractivity contribution in [2.75, 3.05) is 5.73 Å². The second-order valence-electron chi connectivity index (χ2n) is 4.04. The average Bonchev–Trinajstić information content (AvgIpc) is 2.66. The molecule has 2 aromatic heterocycles. The van der Waals surface area contributed by atoms with Crippen molar-refractivity contribution in [3.05, 3.63) is 17.7 Å². The Hall–Kier alpha value is -1.86. The lowest BCUT2D eigenvalue weighted by Crippen LogP contribution is -2.07. The Bertz CT molecular complexity index is 575. The first kappa shape index (κ1) is 12.6. The summed E-state index contributed by atoms with van der Waals surface area (Å²) in [6.07, 6.45) is -2.83. The number of fused-ring (bicyclic) bond motifs is 1. The van der Waals surface area contributed by atoms with Crippen molar-refractivity contribution in [2.24, 2.45) is 0 Å². The van der Waals surface area contributed by atoms with E-state index in [2.05, 4.69) is 15.1 Å². The third-order valence-corrected chi connectivity index (χ3v) is 2.76. The number of alkyl halides is 3. The van der Waals surface area contributed by atoms with E-state index in [0.29, 0.717) is 6.42 Å². The Morgan fingerprint density at radius 1 is 1.44 bits per heavy atom. The van der Waals surface area contributed by atoms with Crippen molar-refractivity contribution >= 4 is 11.5 Å². The monoisotopic (exact) mass is 259 g/mol. The maximum Gasteiger partial charge on any atom is 0.435 e. The zero-order valence-corrected chi connectivity index (χ0v) is 9.86. The molecular formula is C10H12F3N5. The van der Waals surface area contributed by atoms with E-state index < -0.39 is 11.9 Å². The molecule has 1 unspecified atom stereocenters. The van der Waals surface area contributed by atoms with Gasteiger partial charge in [0.2, 0.25) is 5.95 Å². The summed E-state index contributed by atoms with van der Waals surface area (Å²) in [4.78, 5) is 7.24. The fraction of sp³-hybridized carbons (Fsp3) is 0.500. The molecule has 1 atom stereocenters. The van der Waals surface area contributed by atoms with Gasteiger partial charge in [0.05, 0.1) is 6.20 Å². The number of halogens is 3. The van der Waals surface area contributed by atoms with E-state index in [1.807, 2.05) is 6.92 Å². The second-order valence-corrected chi connectivity index (χ2v) is 4.04. The molecule has 0 amide bonds. The Morgan fingerprint density at radius 2 is 2.11 bits per heavy atom. The normalized spacial score (nSPS) is 14.1. The topological polar surface area (TPSA) is 69.1 Å². The number of nitrogen functional groups attached to an aromatic ring is 1. The smallest absolute Gasteiger partial charge is 0.367 e. The summed E-state index contributed by atoms with van der Waals surface area (Å²) < 4.78 is 39.6. The van der Waals surface area contributed by atoms with Crippen LogP contribution in [0.5, 0.6) is 0 Å². The predicted octanol–water partition coefficient (Wildman–Crippen LogP) is 2.24. The molecule has 5 nitrogen and oxygen atoms in total. The largest absolute Gasteiger partial charge is 0.435 e. The van der Waals surface area contributed by atoms with Gasteiger partial charge < -0.3 is 5.73 Å². The third-order valence-electron chi connectivity index (χ3n) is 2.76. The van der Waals surface area contributed by atoms with Crippen LogP contribution >= 0.6 is 0 Å². The van der Waals surface area contributed by atoms with E-state index >= 15 is 0 Å². The molecule has 0 bridgehead atoms. The summed E-state index contributed by atoms with van der Waals surface area (Å²) in [6.45, 7) is 3.65. The minimum Gasteiger partial charge on any atom is -0.367 e. The molecule has 2 aromatic rings. The molecule has 2 rings (SSSR count). The van der Waals surface area contributed by atoms with Gasteiger partial charge in [-0.2, -0.15) is 13.2 Å². The molecule has 2 N–H and O–H groups in total. The number of nitrogens with two attached hydrogens (primary N) is 1. The van der Waals surface area contributed by atoms with Crippen LogP contribution in [0.4, 0.5) is 19.1 Å². The summed E-state index contributed by atoms with van der Waals surface area (Å²) in [6, 6.07) is 0.